The number of ether oxygens (including phenoxy) is 2. The molecule has 0 radical (unpaired) electrons. The Hall–Kier alpha value is -3.07. The predicted molar refractivity (Wildman–Crippen MR) is 107 cm³/mol. The van der Waals surface area contributed by atoms with E-state index in [1.54, 1.807) is 24.8 Å². The van der Waals surface area contributed by atoms with E-state index in [2.05, 4.69) is 20.8 Å². The molecular weight excluding hydrogens is 378 g/mol. The normalized spacial score (nSPS) is 11.7. The fourth-order valence-electron chi connectivity index (χ4n) is 2.51. The van der Waals surface area contributed by atoms with Crippen molar-refractivity contribution < 1.29 is 14.3 Å². The van der Waals surface area contributed by atoms with Crippen molar-refractivity contribution in [3.8, 4) is 17.2 Å². The monoisotopic (exact) mass is 399 g/mol. The lowest BCUT2D eigenvalue weighted by Crippen LogP contribution is -2.23. The number of tetrazole rings is 1. The highest BCUT2D eigenvalue weighted by Crippen LogP contribution is 2.29. The zero-order valence-electron chi connectivity index (χ0n) is 15.8. The summed E-state index contributed by atoms with van der Waals surface area (Å²) in [7, 11) is 1.59. The third-order valence-corrected chi connectivity index (χ3v) is 4.88. The highest BCUT2D eigenvalue weighted by Gasteiger charge is 2.21. The van der Waals surface area contributed by atoms with Crippen LogP contribution in [-0.4, -0.2) is 45.1 Å². The summed E-state index contributed by atoms with van der Waals surface area (Å²) >= 11 is 1.26. The van der Waals surface area contributed by atoms with Crippen LogP contribution < -0.4 is 14.8 Å². The molecule has 1 aromatic heterocycles. The van der Waals surface area contributed by atoms with Crippen LogP contribution >= 0.6 is 11.8 Å². The van der Waals surface area contributed by atoms with Gasteiger partial charge in [-0.1, -0.05) is 36.0 Å². The van der Waals surface area contributed by atoms with Crippen molar-refractivity contribution in [3.63, 3.8) is 0 Å². The number of aromatic nitrogens is 4. The molecule has 1 atom stereocenters. The smallest absolute Gasteiger partial charge is 0.237 e. The number of hydrogen-bond acceptors (Lipinski definition) is 7. The van der Waals surface area contributed by atoms with Crippen molar-refractivity contribution in [2.75, 3.05) is 19.0 Å². The Bertz CT molecular complexity index is 947. The van der Waals surface area contributed by atoms with E-state index in [0.717, 1.165) is 0 Å². The molecule has 9 heteroatoms. The molecule has 0 aliphatic heterocycles. The molecule has 0 saturated carbocycles. The summed E-state index contributed by atoms with van der Waals surface area (Å²) in [5, 5.41) is 14.8. The van der Waals surface area contributed by atoms with Crippen LogP contribution in [0.1, 0.15) is 13.8 Å². The molecule has 1 heterocycles. The van der Waals surface area contributed by atoms with Gasteiger partial charge in [0.1, 0.15) is 17.2 Å². The van der Waals surface area contributed by atoms with Crippen LogP contribution in [0.5, 0.6) is 11.5 Å². The standard InChI is InChI=1S/C19H21N5O3S/c1-4-27-16-11-7-5-9-14(16)20-18(25)13(2)28-19-21-22-23-24(19)15-10-6-8-12-17(15)26-3/h5-13H,4H2,1-3H3,(H,20,25)/t13-/m0/s1. The molecule has 1 amide bonds. The van der Waals surface area contributed by atoms with Crippen molar-refractivity contribution in [3.05, 3.63) is 48.5 Å². The molecule has 146 valence electrons. The fraction of sp³-hybridized carbons (Fsp3) is 0.263. The summed E-state index contributed by atoms with van der Waals surface area (Å²) in [4.78, 5) is 12.7. The van der Waals surface area contributed by atoms with Crippen LogP contribution in [-0.2, 0) is 4.79 Å². The molecule has 0 aliphatic rings. The molecular formula is C19H21N5O3S. The molecule has 28 heavy (non-hydrogen) atoms. The third kappa shape index (κ3) is 4.42. The number of hydrogen-bond donors (Lipinski definition) is 1. The number of para-hydroxylation sites is 4. The van der Waals surface area contributed by atoms with Crippen LogP contribution in [0.2, 0.25) is 0 Å². The number of nitrogens with one attached hydrogen (secondary N) is 1. The molecule has 1 N–H and O–H groups in total. The number of benzene rings is 2. The van der Waals surface area contributed by atoms with Gasteiger partial charge in [-0.15, -0.1) is 5.10 Å². The van der Waals surface area contributed by atoms with Gasteiger partial charge < -0.3 is 14.8 Å². The summed E-state index contributed by atoms with van der Waals surface area (Å²) in [5.74, 6) is 1.10. The van der Waals surface area contributed by atoms with Gasteiger partial charge in [0.05, 0.1) is 24.7 Å². The largest absolute Gasteiger partial charge is 0.494 e. The van der Waals surface area contributed by atoms with E-state index < -0.39 is 5.25 Å². The number of rotatable bonds is 8. The van der Waals surface area contributed by atoms with Crippen LogP contribution in [0.25, 0.3) is 5.69 Å². The van der Waals surface area contributed by atoms with Crippen molar-refractivity contribution in [1.29, 1.82) is 0 Å². The maximum Gasteiger partial charge on any atom is 0.237 e. The van der Waals surface area contributed by atoms with E-state index in [1.807, 2.05) is 49.4 Å². The lowest BCUT2D eigenvalue weighted by molar-refractivity contribution is -0.115. The number of nitrogens with zero attached hydrogens (tertiary/aromatic N) is 4. The Balaban J connectivity index is 1.75. The third-order valence-electron chi connectivity index (χ3n) is 3.85. The average Bonchev–Trinajstić information content (AvgIpc) is 3.17. The minimum absolute atomic E-state index is 0.174. The maximum absolute atomic E-state index is 12.7. The number of carbonyl (C=O) groups excluding carboxylic acids is 1. The molecule has 0 unspecified atom stereocenters. The highest BCUT2D eigenvalue weighted by molar-refractivity contribution is 8.00. The van der Waals surface area contributed by atoms with Gasteiger partial charge in [-0.25, -0.2) is 0 Å². The summed E-state index contributed by atoms with van der Waals surface area (Å²) in [5.41, 5.74) is 1.33. The number of anilines is 1. The number of methoxy groups -OCH3 is 1. The van der Waals surface area contributed by atoms with Crippen LogP contribution in [0.4, 0.5) is 5.69 Å². The van der Waals surface area contributed by atoms with E-state index >= 15 is 0 Å². The lowest BCUT2D eigenvalue weighted by atomic mass is 10.3. The minimum atomic E-state index is -0.436. The second-order valence-corrected chi connectivity index (χ2v) is 7.03. The van der Waals surface area contributed by atoms with Gasteiger partial charge >= 0.3 is 0 Å². The lowest BCUT2D eigenvalue weighted by Gasteiger charge is -2.15. The zero-order valence-corrected chi connectivity index (χ0v) is 16.6. The van der Waals surface area contributed by atoms with E-state index in [9.17, 15) is 4.79 Å². The van der Waals surface area contributed by atoms with Gasteiger partial charge in [0.2, 0.25) is 11.1 Å². The van der Waals surface area contributed by atoms with Gasteiger partial charge in [0.25, 0.3) is 0 Å². The first-order valence-electron chi connectivity index (χ1n) is 8.75. The Morgan fingerprint density at radius 3 is 2.64 bits per heavy atom. The summed E-state index contributed by atoms with van der Waals surface area (Å²) in [6.45, 7) is 4.21. The summed E-state index contributed by atoms with van der Waals surface area (Å²) < 4.78 is 12.5. The second-order valence-electron chi connectivity index (χ2n) is 5.72. The first kappa shape index (κ1) is 19.7. The first-order valence-corrected chi connectivity index (χ1v) is 9.63. The molecule has 0 spiro atoms. The molecule has 8 nitrogen and oxygen atoms in total. The van der Waals surface area contributed by atoms with Gasteiger partial charge in [-0.2, -0.15) is 4.68 Å². The molecule has 2 aromatic carbocycles. The van der Waals surface area contributed by atoms with Crippen LogP contribution in [0.15, 0.2) is 53.7 Å². The molecule has 0 bridgehead atoms. The topological polar surface area (TPSA) is 91.2 Å². The minimum Gasteiger partial charge on any atom is -0.494 e. The summed E-state index contributed by atoms with van der Waals surface area (Å²) in [6.07, 6.45) is 0. The van der Waals surface area contributed by atoms with E-state index in [-0.39, 0.29) is 5.91 Å². The molecule has 3 aromatic rings. The van der Waals surface area contributed by atoms with E-state index in [1.165, 1.54) is 11.8 Å². The van der Waals surface area contributed by atoms with Gasteiger partial charge in [0, 0.05) is 0 Å². The number of amides is 1. The van der Waals surface area contributed by atoms with Crippen LogP contribution in [0, 0.1) is 0 Å². The first-order chi connectivity index (χ1) is 13.6. The highest BCUT2D eigenvalue weighted by atomic mass is 32.2. The van der Waals surface area contributed by atoms with Crippen molar-refractivity contribution in [2.45, 2.75) is 24.3 Å². The van der Waals surface area contributed by atoms with Gasteiger partial charge in [-0.05, 0) is 48.5 Å². The van der Waals surface area contributed by atoms with Gasteiger partial charge in [0.15, 0.2) is 0 Å². The number of thioether (sulfide) groups is 1. The number of carbonyl (C=O) groups is 1. The average molecular weight is 399 g/mol. The maximum atomic E-state index is 12.7. The van der Waals surface area contributed by atoms with Crippen molar-refractivity contribution >= 4 is 23.4 Å². The predicted octanol–water partition coefficient (Wildman–Crippen LogP) is 3.19. The van der Waals surface area contributed by atoms with Crippen molar-refractivity contribution in [2.24, 2.45) is 0 Å². The second kappa shape index (κ2) is 9.23. The Kier molecular flexibility index (Phi) is 6.49. The SMILES string of the molecule is CCOc1ccccc1NC(=O)[C@H](C)Sc1nnnn1-c1ccccc1OC. The Labute approximate surface area is 167 Å². The Morgan fingerprint density at radius 2 is 1.89 bits per heavy atom. The molecule has 3 rings (SSSR count). The fourth-order valence-corrected chi connectivity index (χ4v) is 3.31. The van der Waals surface area contributed by atoms with E-state index in [4.69, 9.17) is 9.47 Å². The molecule has 0 fully saturated rings. The van der Waals surface area contributed by atoms with Crippen molar-refractivity contribution in [1.82, 2.24) is 20.2 Å². The van der Waals surface area contributed by atoms with Crippen LogP contribution in [0.3, 0.4) is 0 Å². The molecule has 0 aliphatic carbocycles. The summed E-state index contributed by atoms with van der Waals surface area (Å²) in [6, 6.07) is 14.7. The molecule has 0 saturated heterocycles. The zero-order chi connectivity index (χ0) is 19.9. The Morgan fingerprint density at radius 1 is 1.18 bits per heavy atom. The van der Waals surface area contributed by atoms with Gasteiger partial charge in [-0.3, -0.25) is 4.79 Å². The quantitative estimate of drug-likeness (QED) is 0.582. The van der Waals surface area contributed by atoms with E-state index in [0.29, 0.717) is 34.6 Å².